The van der Waals surface area contributed by atoms with E-state index < -0.39 is 47.2 Å². The third kappa shape index (κ3) is 5.75. The van der Waals surface area contributed by atoms with Crippen LogP contribution in [0.5, 0.6) is 0 Å². The minimum atomic E-state index is -4.96. The number of carbonyl (C=O) groups excluding carboxylic acids is 1. The van der Waals surface area contributed by atoms with Crippen LogP contribution in [0.2, 0.25) is 0 Å². The Morgan fingerprint density at radius 2 is 1.96 bits per heavy atom. The summed E-state index contributed by atoms with van der Waals surface area (Å²) in [4.78, 5) is 13.5. The van der Waals surface area contributed by atoms with E-state index in [1.165, 1.54) is 0 Å². The van der Waals surface area contributed by atoms with Gasteiger partial charge >= 0.3 is 6.18 Å². The van der Waals surface area contributed by atoms with E-state index in [1.807, 2.05) is 0 Å². The summed E-state index contributed by atoms with van der Waals surface area (Å²) in [6.45, 7) is 0.554. The second-order valence-corrected chi connectivity index (χ2v) is 6.46. The van der Waals surface area contributed by atoms with Crippen LogP contribution in [0, 0.1) is 23.0 Å². The second kappa shape index (κ2) is 9.13. The number of benzene rings is 1. The zero-order valence-corrected chi connectivity index (χ0v) is 14.9. The summed E-state index contributed by atoms with van der Waals surface area (Å²) in [6, 6.07) is 3.20. The fourth-order valence-corrected chi connectivity index (χ4v) is 2.76. The predicted octanol–water partition coefficient (Wildman–Crippen LogP) is 3.14. The molecule has 0 aliphatic carbocycles. The molecule has 0 spiro atoms. The Labute approximate surface area is 158 Å². The largest absolute Gasteiger partial charge is 0.432 e. The summed E-state index contributed by atoms with van der Waals surface area (Å²) in [5, 5.41) is 6.94. The Bertz CT molecular complexity index is 738. The van der Waals surface area contributed by atoms with E-state index in [0.717, 1.165) is 29.5 Å². The molecule has 5 nitrogen and oxygen atoms in total. The molecule has 0 aromatic heterocycles. The lowest BCUT2D eigenvalue weighted by Crippen LogP contribution is -2.37. The number of allylic oxidation sites excluding steroid dienone is 1. The molecule has 0 radical (unpaired) electrons. The van der Waals surface area contributed by atoms with Crippen LogP contribution in [0.4, 0.5) is 22.0 Å². The summed E-state index contributed by atoms with van der Waals surface area (Å²) in [6.07, 6.45) is -3.58. The molecule has 3 N–H and O–H groups in total. The van der Waals surface area contributed by atoms with Crippen molar-refractivity contribution in [1.29, 1.82) is 5.41 Å². The van der Waals surface area contributed by atoms with E-state index >= 15 is 0 Å². The van der Waals surface area contributed by atoms with E-state index in [2.05, 4.69) is 0 Å². The van der Waals surface area contributed by atoms with Crippen molar-refractivity contribution in [2.24, 2.45) is 11.7 Å². The molecule has 28 heavy (non-hydrogen) atoms. The quantitative estimate of drug-likeness (QED) is 0.416. The molecule has 2 rings (SSSR count). The summed E-state index contributed by atoms with van der Waals surface area (Å²) in [5.74, 6) is -2.67. The van der Waals surface area contributed by atoms with Crippen LogP contribution in [0.1, 0.15) is 18.4 Å². The standard InChI is InChI=1S/C18H20F5N3O2/c19-13-2-1-3-14(20)12(13)9-26(6-4-11-5-7-28-10-11)17(27)15(24)8-16(25)18(21,22)23/h1-3,8,11,25H,4-7,9-10,24H2/b15-8-,25-16?. The zero-order valence-electron chi connectivity index (χ0n) is 14.9. The fourth-order valence-electron chi connectivity index (χ4n) is 2.76. The third-order valence-corrected chi connectivity index (χ3v) is 4.38. The average molecular weight is 405 g/mol. The van der Waals surface area contributed by atoms with Crippen LogP contribution < -0.4 is 5.73 Å². The maximum atomic E-state index is 14.0. The minimum absolute atomic E-state index is 0.0223. The van der Waals surface area contributed by atoms with Crippen LogP contribution in [0.25, 0.3) is 0 Å². The van der Waals surface area contributed by atoms with Gasteiger partial charge in [0.1, 0.15) is 17.3 Å². The van der Waals surface area contributed by atoms with E-state index in [-0.39, 0.29) is 18.5 Å². The van der Waals surface area contributed by atoms with Gasteiger partial charge in [0.15, 0.2) is 0 Å². The van der Waals surface area contributed by atoms with Crippen LogP contribution >= 0.6 is 0 Å². The highest BCUT2D eigenvalue weighted by Gasteiger charge is 2.34. The van der Waals surface area contributed by atoms with Crippen molar-refractivity contribution >= 4 is 11.6 Å². The lowest BCUT2D eigenvalue weighted by Gasteiger charge is -2.25. The molecule has 1 aromatic rings. The molecule has 1 aliphatic heterocycles. The van der Waals surface area contributed by atoms with Crippen LogP contribution in [-0.4, -0.2) is 42.5 Å². The Hall–Kier alpha value is -2.49. The molecule has 1 aliphatic rings. The number of nitrogens with one attached hydrogen (secondary N) is 1. The van der Waals surface area contributed by atoms with Crippen LogP contribution in [-0.2, 0) is 16.1 Å². The van der Waals surface area contributed by atoms with Gasteiger partial charge in [-0.05, 0) is 37.0 Å². The van der Waals surface area contributed by atoms with Crippen molar-refractivity contribution in [3.63, 3.8) is 0 Å². The van der Waals surface area contributed by atoms with Gasteiger partial charge in [-0.2, -0.15) is 13.2 Å². The third-order valence-electron chi connectivity index (χ3n) is 4.38. The Morgan fingerprint density at radius 3 is 2.50 bits per heavy atom. The van der Waals surface area contributed by atoms with Gasteiger partial charge in [-0.25, -0.2) is 8.78 Å². The molecule has 10 heteroatoms. The van der Waals surface area contributed by atoms with Crippen molar-refractivity contribution in [3.05, 3.63) is 47.2 Å². The first kappa shape index (κ1) is 21.8. The first-order chi connectivity index (χ1) is 13.1. The molecule has 1 heterocycles. The molecule has 0 saturated carbocycles. The molecule has 0 bridgehead atoms. The number of carbonyl (C=O) groups is 1. The number of hydrogen-bond donors (Lipinski definition) is 2. The number of hydrogen-bond acceptors (Lipinski definition) is 4. The highest BCUT2D eigenvalue weighted by atomic mass is 19.4. The Kier molecular flexibility index (Phi) is 7.11. The van der Waals surface area contributed by atoms with Crippen molar-refractivity contribution < 1.29 is 31.5 Å². The topological polar surface area (TPSA) is 79.4 Å². The van der Waals surface area contributed by atoms with Gasteiger partial charge in [0, 0.05) is 25.3 Å². The Balaban J connectivity index is 2.22. The van der Waals surface area contributed by atoms with E-state index in [0.29, 0.717) is 19.6 Å². The molecular formula is C18H20F5N3O2. The Morgan fingerprint density at radius 1 is 1.32 bits per heavy atom. The van der Waals surface area contributed by atoms with Gasteiger partial charge in [-0.3, -0.25) is 10.2 Å². The summed E-state index contributed by atoms with van der Waals surface area (Å²) in [7, 11) is 0. The number of alkyl halides is 3. The van der Waals surface area contributed by atoms with E-state index in [9.17, 15) is 26.7 Å². The highest BCUT2D eigenvalue weighted by Crippen LogP contribution is 2.21. The first-order valence-electron chi connectivity index (χ1n) is 8.52. The zero-order chi connectivity index (χ0) is 20.9. The maximum absolute atomic E-state index is 14.0. The number of amides is 1. The van der Waals surface area contributed by atoms with Gasteiger partial charge in [0.25, 0.3) is 5.91 Å². The molecule has 1 saturated heterocycles. The minimum Gasteiger partial charge on any atom is -0.394 e. The monoisotopic (exact) mass is 405 g/mol. The number of nitrogens with zero attached hydrogens (tertiary/aromatic N) is 1. The van der Waals surface area contributed by atoms with Crippen molar-refractivity contribution in [1.82, 2.24) is 4.90 Å². The molecule has 1 atom stereocenters. The van der Waals surface area contributed by atoms with E-state index in [4.69, 9.17) is 15.9 Å². The first-order valence-corrected chi connectivity index (χ1v) is 8.52. The van der Waals surface area contributed by atoms with Crippen LogP contribution in [0.15, 0.2) is 30.0 Å². The summed E-state index contributed by atoms with van der Waals surface area (Å²) in [5.41, 5.74) is 2.43. The van der Waals surface area contributed by atoms with Crippen LogP contribution in [0.3, 0.4) is 0 Å². The summed E-state index contributed by atoms with van der Waals surface area (Å²) < 4.78 is 70.7. The number of rotatable bonds is 7. The SMILES string of the molecule is N=C(/C=C(\N)C(=O)N(CCC1CCOC1)Cc1c(F)cccc1F)C(F)(F)F. The second-order valence-electron chi connectivity index (χ2n) is 6.46. The van der Waals surface area contributed by atoms with Crippen molar-refractivity contribution in [3.8, 4) is 0 Å². The van der Waals surface area contributed by atoms with Gasteiger partial charge < -0.3 is 15.4 Å². The molecule has 1 aromatic carbocycles. The molecule has 1 amide bonds. The summed E-state index contributed by atoms with van der Waals surface area (Å²) >= 11 is 0. The number of halogens is 5. The number of ether oxygens (including phenoxy) is 1. The van der Waals surface area contributed by atoms with Crippen molar-refractivity contribution in [2.75, 3.05) is 19.8 Å². The fraction of sp³-hybridized carbons (Fsp3) is 0.444. The van der Waals surface area contributed by atoms with Gasteiger partial charge in [-0.1, -0.05) is 6.07 Å². The van der Waals surface area contributed by atoms with Gasteiger partial charge in [-0.15, -0.1) is 0 Å². The average Bonchev–Trinajstić information content (AvgIpc) is 3.13. The molecule has 154 valence electrons. The molecular weight excluding hydrogens is 385 g/mol. The highest BCUT2D eigenvalue weighted by molar-refractivity contribution is 6.04. The van der Waals surface area contributed by atoms with Gasteiger partial charge in [0.2, 0.25) is 0 Å². The predicted molar refractivity (Wildman–Crippen MR) is 91.4 cm³/mol. The van der Waals surface area contributed by atoms with E-state index in [1.54, 1.807) is 0 Å². The lowest BCUT2D eigenvalue weighted by atomic mass is 10.0. The lowest BCUT2D eigenvalue weighted by molar-refractivity contribution is -0.128. The number of nitrogens with two attached hydrogens (primary N) is 1. The van der Waals surface area contributed by atoms with Gasteiger partial charge in [0.05, 0.1) is 12.2 Å². The molecule has 1 fully saturated rings. The molecule has 1 unspecified atom stereocenters. The maximum Gasteiger partial charge on any atom is 0.432 e. The smallest absolute Gasteiger partial charge is 0.394 e. The van der Waals surface area contributed by atoms with Crippen molar-refractivity contribution in [2.45, 2.75) is 25.6 Å². The normalized spacial score (nSPS) is 17.6.